The number of fused-ring (bicyclic) bond motifs is 1. The van der Waals surface area contributed by atoms with Crippen molar-refractivity contribution < 1.29 is 4.79 Å². The Kier molecular flexibility index (Phi) is 1.61. The predicted molar refractivity (Wildman–Crippen MR) is 48.2 cm³/mol. The van der Waals surface area contributed by atoms with Crippen molar-refractivity contribution in [3.63, 3.8) is 0 Å². The first kappa shape index (κ1) is 7.35. The van der Waals surface area contributed by atoms with Gasteiger partial charge in [-0.15, -0.1) is 0 Å². The molecule has 62 valence electrons. The molecule has 2 nitrogen and oxygen atoms in total. The van der Waals surface area contributed by atoms with Crippen LogP contribution in [0, 0.1) is 0 Å². The third kappa shape index (κ3) is 1.09. The van der Waals surface area contributed by atoms with Crippen molar-refractivity contribution in [1.29, 1.82) is 0 Å². The van der Waals surface area contributed by atoms with Gasteiger partial charge in [0.05, 0.1) is 6.42 Å². The fourth-order valence-corrected chi connectivity index (χ4v) is 1.48. The van der Waals surface area contributed by atoms with E-state index in [1.807, 2.05) is 6.07 Å². The molecule has 0 radical (unpaired) electrons. The van der Waals surface area contributed by atoms with E-state index < -0.39 is 0 Å². The minimum atomic E-state index is 0.109. The molecule has 0 unspecified atom stereocenters. The van der Waals surface area contributed by atoms with Gasteiger partial charge in [-0.25, -0.2) is 0 Å². The maximum atomic E-state index is 11.0. The molecular formula is C10H11NO. The Morgan fingerprint density at radius 1 is 1.50 bits per heavy atom. The Morgan fingerprint density at radius 2 is 2.33 bits per heavy atom. The van der Waals surface area contributed by atoms with E-state index in [1.165, 1.54) is 5.56 Å². The van der Waals surface area contributed by atoms with Crippen LogP contribution in [0.1, 0.15) is 18.1 Å². The number of carbonyl (C=O) groups excluding carboxylic acids is 1. The summed E-state index contributed by atoms with van der Waals surface area (Å²) < 4.78 is 0. The van der Waals surface area contributed by atoms with Crippen molar-refractivity contribution >= 4 is 11.6 Å². The molecule has 0 atom stereocenters. The second-order valence-corrected chi connectivity index (χ2v) is 3.07. The van der Waals surface area contributed by atoms with Gasteiger partial charge in [0.15, 0.2) is 0 Å². The minimum Gasteiger partial charge on any atom is -0.326 e. The van der Waals surface area contributed by atoms with Gasteiger partial charge < -0.3 is 5.32 Å². The van der Waals surface area contributed by atoms with Gasteiger partial charge in [0, 0.05) is 5.69 Å². The number of benzene rings is 1. The summed E-state index contributed by atoms with van der Waals surface area (Å²) in [5, 5.41) is 2.83. The van der Waals surface area contributed by atoms with Crippen LogP contribution in [0.25, 0.3) is 0 Å². The van der Waals surface area contributed by atoms with E-state index in [2.05, 4.69) is 24.4 Å². The van der Waals surface area contributed by atoms with Crippen LogP contribution in [0.4, 0.5) is 5.69 Å². The van der Waals surface area contributed by atoms with E-state index in [-0.39, 0.29) is 5.91 Å². The van der Waals surface area contributed by atoms with Crippen LogP contribution in [0.5, 0.6) is 0 Å². The molecular weight excluding hydrogens is 150 g/mol. The lowest BCUT2D eigenvalue weighted by molar-refractivity contribution is -0.115. The summed E-state index contributed by atoms with van der Waals surface area (Å²) >= 11 is 0. The number of hydrogen-bond donors (Lipinski definition) is 1. The van der Waals surface area contributed by atoms with Crippen LogP contribution < -0.4 is 5.32 Å². The molecule has 2 heteroatoms. The Balaban J connectivity index is 2.41. The van der Waals surface area contributed by atoms with Crippen LogP contribution >= 0.6 is 0 Å². The zero-order valence-corrected chi connectivity index (χ0v) is 7.05. The van der Waals surface area contributed by atoms with Crippen LogP contribution in [-0.2, 0) is 17.6 Å². The van der Waals surface area contributed by atoms with Crippen LogP contribution in [0.3, 0.4) is 0 Å². The van der Waals surface area contributed by atoms with Gasteiger partial charge in [-0.3, -0.25) is 4.79 Å². The molecule has 0 saturated carbocycles. The largest absolute Gasteiger partial charge is 0.326 e. The maximum Gasteiger partial charge on any atom is 0.228 e. The summed E-state index contributed by atoms with van der Waals surface area (Å²) in [6.45, 7) is 2.11. The van der Waals surface area contributed by atoms with Crippen molar-refractivity contribution in [2.24, 2.45) is 0 Å². The van der Waals surface area contributed by atoms with E-state index >= 15 is 0 Å². The van der Waals surface area contributed by atoms with Gasteiger partial charge in [0.2, 0.25) is 5.91 Å². The first-order chi connectivity index (χ1) is 5.79. The Labute approximate surface area is 71.6 Å². The normalized spacial score (nSPS) is 14.2. The molecule has 12 heavy (non-hydrogen) atoms. The van der Waals surface area contributed by atoms with Gasteiger partial charge in [0.25, 0.3) is 0 Å². The first-order valence-electron chi connectivity index (χ1n) is 4.21. The molecule has 1 aromatic carbocycles. The van der Waals surface area contributed by atoms with Gasteiger partial charge in [-0.05, 0) is 23.6 Å². The highest BCUT2D eigenvalue weighted by molar-refractivity contribution is 5.99. The molecule has 1 N–H and O–H groups in total. The monoisotopic (exact) mass is 161 g/mol. The lowest BCUT2D eigenvalue weighted by Crippen LogP contribution is -2.03. The fraction of sp³-hybridized carbons (Fsp3) is 0.300. The summed E-state index contributed by atoms with van der Waals surface area (Å²) in [6.07, 6.45) is 1.56. The summed E-state index contributed by atoms with van der Waals surface area (Å²) in [5.41, 5.74) is 3.40. The van der Waals surface area contributed by atoms with E-state index in [4.69, 9.17) is 0 Å². The van der Waals surface area contributed by atoms with E-state index in [1.54, 1.807) is 0 Å². The minimum absolute atomic E-state index is 0.109. The molecule has 0 aromatic heterocycles. The second kappa shape index (κ2) is 2.63. The Hall–Kier alpha value is -1.31. The van der Waals surface area contributed by atoms with Gasteiger partial charge in [0.1, 0.15) is 0 Å². The number of rotatable bonds is 1. The molecule has 1 aliphatic rings. The van der Waals surface area contributed by atoms with Crippen LogP contribution in [0.15, 0.2) is 18.2 Å². The van der Waals surface area contributed by atoms with E-state index in [9.17, 15) is 4.79 Å². The smallest absolute Gasteiger partial charge is 0.228 e. The number of nitrogens with one attached hydrogen (secondary N) is 1. The SMILES string of the molecule is CCc1ccc2c(c1)NC(=O)C2. The zero-order chi connectivity index (χ0) is 8.55. The first-order valence-corrected chi connectivity index (χ1v) is 4.21. The molecule has 1 aromatic rings. The average Bonchev–Trinajstić information content (AvgIpc) is 2.43. The second-order valence-electron chi connectivity index (χ2n) is 3.07. The molecule has 0 fully saturated rings. The van der Waals surface area contributed by atoms with Gasteiger partial charge >= 0.3 is 0 Å². The topological polar surface area (TPSA) is 29.1 Å². The summed E-state index contributed by atoms with van der Waals surface area (Å²) in [7, 11) is 0. The summed E-state index contributed by atoms with van der Waals surface area (Å²) in [6, 6.07) is 6.17. The van der Waals surface area contributed by atoms with Crippen molar-refractivity contribution in [3.05, 3.63) is 29.3 Å². The maximum absolute atomic E-state index is 11.0. The third-order valence-electron chi connectivity index (χ3n) is 2.21. The van der Waals surface area contributed by atoms with Gasteiger partial charge in [-0.1, -0.05) is 19.1 Å². The van der Waals surface area contributed by atoms with Crippen molar-refractivity contribution in [2.75, 3.05) is 5.32 Å². The molecule has 2 rings (SSSR count). The third-order valence-corrected chi connectivity index (χ3v) is 2.21. The molecule has 0 spiro atoms. The number of carbonyl (C=O) groups is 1. The zero-order valence-electron chi connectivity index (χ0n) is 7.05. The van der Waals surface area contributed by atoms with Crippen LogP contribution in [0.2, 0.25) is 0 Å². The summed E-state index contributed by atoms with van der Waals surface area (Å²) in [4.78, 5) is 11.0. The number of amides is 1. The molecule has 1 heterocycles. The molecule has 1 aliphatic heterocycles. The molecule has 0 bridgehead atoms. The highest BCUT2D eigenvalue weighted by Crippen LogP contribution is 2.23. The van der Waals surface area contributed by atoms with Crippen molar-refractivity contribution in [3.8, 4) is 0 Å². The van der Waals surface area contributed by atoms with E-state index in [0.717, 1.165) is 17.7 Å². The van der Waals surface area contributed by atoms with E-state index in [0.29, 0.717) is 6.42 Å². The fourth-order valence-electron chi connectivity index (χ4n) is 1.48. The standard InChI is InChI=1S/C10H11NO/c1-2-7-3-4-8-6-10(12)11-9(8)5-7/h3-5H,2,6H2,1H3,(H,11,12). The number of anilines is 1. The number of hydrogen-bond acceptors (Lipinski definition) is 1. The molecule has 1 amide bonds. The molecule has 0 aliphatic carbocycles. The number of aryl methyl sites for hydroxylation is 1. The summed E-state index contributed by atoms with van der Waals surface area (Å²) in [5.74, 6) is 0.109. The highest BCUT2D eigenvalue weighted by atomic mass is 16.1. The lowest BCUT2D eigenvalue weighted by atomic mass is 10.1. The Bertz CT molecular complexity index is 331. The predicted octanol–water partition coefficient (Wildman–Crippen LogP) is 1.74. The van der Waals surface area contributed by atoms with Crippen molar-refractivity contribution in [2.45, 2.75) is 19.8 Å². The quantitative estimate of drug-likeness (QED) is 0.667. The average molecular weight is 161 g/mol. The molecule has 0 saturated heterocycles. The highest BCUT2D eigenvalue weighted by Gasteiger charge is 2.16. The Morgan fingerprint density at radius 3 is 3.08 bits per heavy atom. The van der Waals surface area contributed by atoms with Crippen LogP contribution in [-0.4, -0.2) is 5.91 Å². The van der Waals surface area contributed by atoms with Gasteiger partial charge in [-0.2, -0.15) is 0 Å². The van der Waals surface area contributed by atoms with Crippen molar-refractivity contribution in [1.82, 2.24) is 0 Å². The lowest BCUT2D eigenvalue weighted by Gasteiger charge is -2.00.